The molecule has 64 valence electrons. The molecule has 0 fully saturated rings. The molecule has 0 aliphatic rings. The van der Waals surface area contributed by atoms with Crippen LogP contribution in [0.2, 0.25) is 0 Å². The summed E-state index contributed by atoms with van der Waals surface area (Å²) < 4.78 is 12.3. The van der Waals surface area contributed by atoms with Gasteiger partial charge in [-0.3, -0.25) is 0 Å². The highest BCUT2D eigenvalue weighted by Crippen LogP contribution is 2.03. The molecular formula is C7H7FN2O2. The highest BCUT2D eigenvalue weighted by atomic mass is 19.1. The smallest absolute Gasteiger partial charge is 0.351 e. The van der Waals surface area contributed by atoms with Crippen LogP contribution in [0.4, 0.5) is 4.39 Å². The summed E-state index contributed by atoms with van der Waals surface area (Å²) in [5.41, 5.74) is 1.97. The Kier molecular flexibility index (Phi) is 2.73. The van der Waals surface area contributed by atoms with Crippen molar-refractivity contribution in [3.05, 3.63) is 35.6 Å². The maximum Gasteiger partial charge on any atom is 0.357 e. The fourth-order valence-corrected chi connectivity index (χ4v) is 0.698. The largest absolute Gasteiger partial charge is 0.357 e. The third-order valence-electron chi connectivity index (χ3n) is 1.23. The van der Waals surface area contributed by atoms with Crippen molar-refractivity contribution in [2.45, 2.75) is 0 Å². The van der Waals surface area contributed by atoms with Gasteiger partial charge in [0, 0.05) is 0 Å². The molecule has 0 aliphatic carbocycles. The first-order chi connectivity index (χ1) is 5.74. The zero-order valence-corrected chi connectivity index (χ0v) is 6.08. The molecule has 0 aliphatic heterocycles. The van der Waals surface area contributed by atoms with Gasteiger partial charge >= 0.3 is 5.97 Å². The number of hydrogen-bond acceptors (Lipinski definition) is 4. The van der Waals surface area contributed by atoms with Crippen LogP contribution >= 0.6 is 0 Å². The molecule has 0 atom stereocenters. The molecule has 0 heterocycles. The summed E-state index contributed by atoms with van der Waals surface area (Å²) in [7, 11) is 0. The van der Waals surface area contributed by atoms with E-state index in [1.54, 1.807) is 5.59 Å². The molecule has 5 heteroatoms. The Balaban J connectivity index is 2.75. The standard InChI is InChI=1S/C7H7FN2O2/c8-6-3-1-5(2-4-6)7(11)12-10-9/h1-4,10H,9H2. The normalized spacial score (nSPS) is 9.50. The zero-order chi connectivity index (χ0) is 8.97. The summed E-state index contributed by atoms with van der Waals surface area (Å²) >= 11 is 0. The topological polar surface area (TPSA) is 64.3 Å². The van der Waals surface area contributed by atoms with E-state index in [4.69, 9.17) is 5.84 Å². The summed E-state index contributed by atoms with van der Waals surface area (Å²) in [4.78, 5) is 15.1. The fourth-order valence-electron chi connectivity index (χ4n) is 0.698. The summed E-state index contributed by atoms with van der Waals surface area (Å²) in [6.07, 6.45) is 0. The van der Waals surface area contributed by atoms with Gasteiger partial charge in [0.05, 0.1) is 5.56 Å². The lowest BCUT2D eigenvalue weighted by atomic mass is 10.2. The van der Waals surface area contributed by atoms with Gasteiger partial charge in [-0.2, -0.15) is 0 Å². The van der Waals surface area contributed by atoms with E-state index in [-0.39, 0.29) is 5.56 Å². The first kappa shape index (κ1) is 8.63. The van der Waals surface area contributed by atoms with Crippen LogP contribution in [0, 0.1) is 5.82 Å². The highest BCUT2D eigenvalue weighted by molar-refractivity contribution is 5.89. The predicted octanol–water partition coefficient (Wildman–Crippen LogP) is 0.361. The molecule has 0 spiro atoms. The van der Waals surface area contributed by atoms with Gasteiger partial charge in [0.2, 0.25) is 0 Å². The van der Waals surface area contributed by atoms with Crippen LogP contribution in [0.5, 0.6) is 0 Å². The molecule has 0 amide bonds. The van der Waals surface area contributed by atoms with Crippen LogP contribution in [0.15, 0.2) is 24.3 Å². The molecule has 3 N–H and O–H groups in total. The predicted molar refractivity (Wildman–Crippen MR) is 39.1 cm³/mol. The number of carbonyl (C=O) groups excluding carboxylic acids is 1. The van der Waals surface area contributed by atoms with Crippen LogP contribution in [0.3, 0.4) is 0 Å². The van der Waals surface area contributed by atoms with Gasteiger partial charge in [-0.15, -0.1) is 0 Å². The molecule has 0 bridgehead atoms. The number of nitrogens with one attached hydrogen (secondary N) is 1. The first-order valence-corrected chi connectivity index (χ1v) is 3.16. The summed E-state index contributed by atoms with van der Waals surface area (Å²) in [6, 6.07) is 4.92. The van der Waals surface area contributed by atoms with Crippen molar-refractivity contribution < 1.29 is 14.0 Å². The molecule has 1 rings (SSSR count). The number of rotatable bonds is 2. The van der Waals surface area contributed by atoms with E-state index in [1.165, 1.54) is 12.1 Å². The quantitative estimate of drug-likeness (QED) is 0.497. The second-order valence-corrected chi connectivity index (χ2v) is 2.01. The minimum Gasteiger partial charge on any atom is -0.351 e. The van der Waals surface area contributed by atoms with Crippen molar-refractivity contribution in [2.75, 3.05) is 0 Å². The monoisotopic (exact) mass is 170 g/mol. The lowest BCUT2D eigenvalue weighted by Gasteiger charge is -1.99. The van der Waals surface area contributed by atoms with Crippen molar-refractivity contribution in [2.24, 2.45) is 5.84 Å². The zero-order valence-electron chi connectivity index (χ0n) is 6.08. The number of carbonyl (C=O) groups is 1. The van der Waals surface area contributed by atoms with E-state index in [0.29, 0.717) is 0 Å². The first-order valence-electron chi connectivity index (χ1n) is 3.16. The Bertz CT molecular complexity index is 273. The Morgan fingerprint density at radius 1 is 1.42 bits per heavy atom. The van der Waals surface area contributed by atoms with Gasteiger partial charge in [-0.1, -0.05) is 5.59 Å². The molecule has 12 heavy (non-hydrogen) atoms. The van der Waals surface area contributed by atoms with E-state index < -0.39 is 11.8 Å². The van der Waals surface area contributed by atoms with Crippen molar-refractivity contribution in [1.29, 1.82) is 0 Å². The van der Waals surface area contributed by atoms with Gasteiger partial charge in [-0.25, -0.2) is 15.0 Å². The lowest BCUT2D eigenvalue weighted by Crippen LogP contribution is -2.26. The van der Waals surface area contributed by atoms with Crippen LogP contribution in [0.25, 0.3) is 0 Å². The fraction of sp³-hybridized carbons (Fsp3) is 0. The highest BCUT2D eigenvalue weighted by Gasteiger charge is 2.05. The molecular weight excluding hydrogens is 163 g/mol. The number of hydrazine groups is 1. The Morgan fingerprint density at radius 2 is 2.00 bits per heavy atom. The van der Waals surface area contributed by atoms with Gasteiger partial charge < -0.3 is 4.84 Å². The molecule has 4 nitrogen and oxygen atoms in total. The molecule has 1 aromatic rings. The van der Waals surface area contributed by atoms with E-state index >= 15 is 0 Å². The molecule has 0 radical (unpaired) electrons. The molecule has 1 aromatic carbocycles. The summed E-state index contributed by atoms with van der Waals surface area (Å²) in [6.45, 7) is 0. The minimum absolute atomic E-state index is 0.231. The third-order valence-corrected chi connectivity index (χ3v) is 1.23. The Labute approximate surface area is 68.1 Å². The second-order valence-electron chi connectivity index (χ2n) is 2.01. The third kappa shape index (κ3) is 2.01. The summed E-state index contributed by atoms with van der Waals surface area (Å²) in [5.74, 6) is 3.66. The van der Waals surface area contributed by atoms with Crippen molar-refractivity contribution in [3.8, 4) is 0 Å². The van der Waals surface area contributed by atoms with E-state index in [0.717, 1.165) is 12.1 Å². The SMILES string of the molecule is NNOC(=O)c1ccc(F)cc1. The second kappa shape index (κ2) is 3.80. The average molecular weight is 170 g/mol. The van der Waals surface area contributed by atoms with Crippen molar-refractivity contribution in [1.82, 2.24) is 5.59 Å². The van der Waals surface area contributed by atoms with Gasteiger partial charge in [-0.05, 0) is 24.3 Å². The van der Waals surface area contributed by atoms with E-state index in [1.807, 2.05) is 0 Å². The van der Waals surface area contributed by atoms with E-state index in [9.17, 15) is 9.18 Å². The van der Waals surface area contributed by atoms with Crippen LogP contribution in [-0.4, -0.2) is 5.97 Å². The van der Waals surface area contributed by atoms with E-state index in [2.05, 4.69) is 4.84 Å². The number of nitrogens with two attached hydrogens (primary N) is 1. The van der Waals surface area contributed by atoms with Crippen molar-refractivity contribution in [3.63, 3.8) is 0 Å². The van der Waals surface area contributed by atoms with Crippen LogP contribution < -0.4 is 11.4 Å². The Morgan fingerprint density at radius 3 is 2.50 bits per heavy atom. The molecule has 0 aromatic heterocycles. The number of benzene rings is 1. The maximum absolute atomic E-state index is 12.3. The van der Waals surface area contributed by atoms with Gasteiger partial charge in [0.1, 0.15) is 5.82 Å². The molecule has 0 saturated heterocycles. The summed E-state index contributed by atoms with van der Waals surface area (Å²) in [5, 5.41) is 0. The minimum atomic E-state index is -0.655. The van der Waals surface area contributed by atoms with Crippen LogP contribution in [-0.2, 0) is 4.84 Å². The van der Waals surface area contributed by atoms with Gasteiger partial charge in [0.25, 0.3) is 0 Å². The Hall–Kier alpha value is -1.46. The average Bonchev–Trinajstić information content (AvgIpc) is 2.06. The van der Waals surface area contributed by atoms with Gasteiger partial charge in [0.15, 0.2) is 0 Å². The lowest BCUT2D eigenvalue weighted by molar-refractivity contribution is 0.0254. The van der Waals surface area contributed by atoms with Crippen LogP contribution in [0.1, 0.15) is 10.4 Å². The molecule has 0 unspecified atom stereocenters. The number of halogens is 1. The van der Waals surface area contributed by atoms with Crippen molar-refractivity contribution >= 4 is 5.97 Å². The maximum atomic E-state index is 12.3. The molecule has 0 saturated carbocycles. The number of hydrogen-bond donors (Lipinski definition) is 2.